The highest BCUT2D eigenvalue weighted by atomic mass is 16.5. The van der Waals surface area contributed by atoms with Crippen LogP contribution in [0, 0.1) is 0 Å². The van der Waals surface area contributed by atoms with E-state index in [1.165, 1.54) is 37.2 Å². The van der Waals surface area contributed by atoms with E-state index < -0.39 is 0 Å². The van der Waals surface area contributed by atoms with Crippen molar-refractivity contribution in [1.82, 2.24) is 4.90 Å². The molecule has 2 heterocycles. The molecule has 3 rings (SSSR count). The van der Waals surface area contributed by atoms with E-state index in [0.29, 0.717) is 12.0 Å². The second-order valence-corrected chi connectivity index (χ2v) is 5.41. The van der Waals surface area contributed by atoms with Gasteiger partial charge in [0.15, 0.2) is 0 Å². The normalized spacial score (nSPS) is 27.8. The molecule has 2 aliphatic heterocycles. The first kappa shape index (κ1) is 12.0. The Kier molecular flexibility index (Phi) is 3.52. The molecule has 1 aromatic rings. The molecule has 3 heteroatoms. The summed E-state index contributed by atoms with van der Waals surface area (Å²) in [5, 5.41) is 3.49. The number of nitrogens with one attached hydrogen (secondary N) is 1. The van der Waals surface area contributed by atoms with E-state index in [1.807, 2.05) is 7.11 Å². The topological polar surface area (TPSA) is 24.5 Å². The Balaban J connectivity index is 1.67. The van der Waals surface area contributed by atoms with E-state index >= 15 is 0 Å². The minimum Gasteiger partial charge on any atom is -0.385 e. The first-order valence-corrected chi connectivity index (χ1v) is 6.95. The van der Waals surface area contributed by atoms with Crippen molar-refractivity contribution in [3.8, 4) is 0 Å². The van der Waals surface area contributed by atoms with Crippen LogP contribution in [0.25, 0.3) is 0 Å². The zero-order chi connectivity index (χ0) is 12.4. The van der Waals surface area contributed by atoms with Crippen molar-refractivity contribution in [2.75, 3.05) is 38.6 Å². The molecule has 98 valence electrons. The van der Waals surface area contributed by atoms with Gasteiger partial charge in [0.1, 0.15) is 0 Å². The summed E-state index contributed by atoms with van der Waals surface area (Å²) in [6, 6.07) is 8.74. The monoisotopic (exact) mass is 246 g/mol. The summed E-state index contributed by atoms with van der Waals surface area (Å²) >= 11 is 0. The highest BCUT2D eigenvalue weighted by Gasteiger charge is 2.27. The Hall–Kier alpha value is -1.06. The largest absolute Gasteiger partial charge is 0.385 e. The minimum atomic E-state index is 0.446. The second kappa shape index (κ2) is 5.29. The maximum atomic E-state index is 5.45. The third kappa shape index (κ3) is 2.38. The third-order valence-corrected chi connectivity index (χ3v) is 4.25. The fourth-order valence-electron chi connectivity index (χ4n) is 3.21. The van der Waals surface area contributed by atoms with E-state index in [1.54, 1.807) is 0 Å². The van der Waals surface area contributed by atoms with Crippen molar-refractivity contribution in [2.45, 2.75) is 24.9 Å². The van der Waals surface area contributed by atoms with E-state index in [0.717, 1.165) is 13.1 Å². The van der Waals surface area contributed by atoms with Crippen molar-refractivity contribution in [3.05, 3.63) is 29.8 Å². The van der Waals surface area contributed by atoms with Crippen LogP contribution in [-0.2, 0) is 4.74 Å². The summed E-state index contributed by atoms with van der Waals surface area (Å²) in [5.41, 5.74) is 2.82. The fraction of sp³-hybridized carbons (Fsp3) is 0.600. The Labute approximate surface area is 109 Å². The molecule has 18 heavy (non-hydrogen) atoms. The summed E-state index contributed by atoms with van der Waals surface area (Å²) < 4.78 is 5.45. The Morgan fingerprint density at radius 3 is 3.06 bits per heavy atom. The predicted octanol–water partition coefficient (Wildman–Crippen LogP) is 2.31. The van der Waals surface area contributed by atoms with Gasteiger partial charge in [0, 0.05) is 44.9 Å². The molecule has 2 unspecified atom stereocenters. The lowest BCUT2D eigenvalue weighted by Crippen LogP contribution is -2.30. The molecule has 2 atom stereocenters. The number of nitrogens with zero attached hydrogens (tertiary/aromatic N) is 1. The molecule has 1 aromatic carbocycles. The smallest absolute Gasteiger partial charge is 0.0710 e. The Morgan fingerprint density at radius 2 is 2.22 bits per heavy atom. The van der Waals surface area contributed by atoms with Crippen LogP contribution in [0.1, 0.15) is 24.3 Å². The van der Waals surface area contributed by atoms with E-state index in [4.69, 9.17) is 4.74 Å². The zero-order valence-corrected chi connectivity index (χ0v) is 11.1. The zero-order valence-electron chi connectivity index (χ0n) is 11.1. The molecule has 0 saturated carbocycles. The fourth-order valence-corrected chi connectivity index (χ4v) is 3.21. The van der Waals surface area contributed by atoms with Crippen LogP contribution in [0.5, 0.6) is 0 Å². The molecule has 3 nitrogen and oxygen atoms in total. The van der Waals surface area contributed by atoms with Gasteiger partial charge in [-0.05, 0) is 24.5 Å². The number of rotatable bonds is 3. The third-order valence-electron chi connectivity index (χ3n) is 4.25. The molecule has 2 aliphatic rings. The quantitative estimate of drug-likeness (QED) is 0.885. The van der Waals surface area contributed by atoms with Crippen LogP contribution in [0.4, 0.5) is 5.69 Å². The van der Waals surface area contributed by atoms with Gasteiger partial charge in [-0.2, -0.15) is 0 Å². The molecule has 0 aromatic heterocycles. The lowest BCUT2D eigenvalue weighted by Gasteiger charge is -2.30. The van der Waals surface area contributed by atoms with Gasteiger partial charge < -0.3 is 15.0 Å². The number of benzene rings is 1. The van der Waals surface area contributed by atoms with Crippen molar-refractivity contribution >= 4 is 5.69 Å². The molecule has 0 aliphatic carbocycles. The summed E-state index contributed by atoms with van der Waals surface area (Å²) in [6.45, 7) is 4.56. The number of hydrogen-bond acceptors (Lipinski definition) is 3. The standard InChI is InChI=1S/C15H22N2O/c1-18-13-7-9-17(11-13)10-12-6-8-16-15-5-3-2-4-14(12)15/h2-5,12-13,16H,6-11H2,1H3. The van der Waals surface area contributed by atoms with E-state index in [2.05, 4.69) is 34.5 Å². The number of para-hydroxylation sites is 1. The second-order valence-electron chi connectivity index (χ2n) is 5.41. The van der Waals surface area contributed by atoms with Crippen molar-refractivity contribution < 1.29 is 4.74 Å². The first-order chi connectivity index (χ1) is 8.86. The van der Waals surface area contributed by atoms with Crippen molar-refractivity contribution in [1.29, 1.82) is 0 Å². The van der Waals surface area contributed by atoms with Crippen LogP contribution in [0.3, 0.4) is 0 Å². The highest BCUT2D eigenvalue weighted by molar-refractivity contribution is 5.54. The van der Waals surface area contributed by atoms with Gasteiger partial charge in [-0.15, -0.1) is 0 Å². The number of anilines is 1. The number of methoxy groups -OCH3 is 1. The van der Waals surface area contributed by atoms with Gasteiger partial charge in [0.2, 0.25) is 0 Å². The van der Waals surface area contributed by atoms with Crippen LogP contribution < -0.4 is 5.32 Å². The van der Waals surface area contributed by atoms with Gasteiger partial charge in [-0.3, -0.25) is 0 Å². The van der Waals surface area contributed by atoms with E-state index in [9.17, 15) is 0 Å². The molecule has 0 radical (unpaired) electrons. The maximum Gasteiger partial charge on any atom is 0.0710 e. The number of likely N-dealkylation sites (tertiary alicyclic amines) is 1. The van der Waals surface area contributed by atoms with Gasteiger partial charge >= 0.3 is 0 Å². The van der Waals surface area contributed by atoms with Crippen LogP contribution in [-0.4, -0.2) is 44.3 Å². The molecular formula is C15H22N2O. The molecule has 1 fully saturated rings. The molecule has 1 N–H and O–H groups in total. The van der Waals surface area contributed by atoms with Crippen LogP contribution in [0.2, 0.25) is 0 Å². The molecule has 0 spiro atoms. The van der Waals surface area contributed by atoms with Gasteiger partial charge in [0.05, 0.1) is 6.10 Å². The minimum absolute atomic E-state index is 0.446. The Bertz CT molecular complexity index is 407. The van der Waals surface area contributed by atoms with E-state index in [-0.39, 0.29) is 0 Å². The maximum absolute atomic E-state index is 5.45. The van der Waals surface area contributed by atoms with Crippen LogP contribution in [0.15, 0.2) is 24.3 Å². The summed E-state index contributed by atoms with van der Waals surface area (Å²) in [5.74, 6) is 0.679. The van der Waals surface area contributed by atoms with Crippen molar-refractivity contribution in [2.24, 2.45) is 0 Å². The lowest BCUT2D eigenvalue weighted by atomic mass is 9.90. The van der Waals surface area contributed by atoms with Crippen molar-refractivity contribution in [3.63, 3.8) is 0 Å². The molecular weight excluding hydrogens is 224 g/mol. The van der Waals surface area contributed by atoms with Gasteiger partial charge in [0.25, 0.3) is 0 Å². The summed E-state index contributed by atoms with van der Waals surface area (Å²) in [7, 11) is 1.83. The number of fused-ring (bicyclic) bond motifs is 1. The lowest BCUT2D eigenvalue weighted by molar-refractivity contribution is 0.107. The molecule has 1 saturated heterocycles. The van der Waals surface area contributed by atoms with Gasteiger partial charge in [-0.25, -0.2) is 0 Å². The van der Waals surface area contributed by atoms with Crippen LogP contribution >= 0.6 is 0 Å². The summed E-state index contributed by atoms with van der Waals surface area (Å²) in [6.07, 6.45) is 2.87. The number of hydrogen-bond donors (Lipinski definition) is 1. The van der Waals surface area contributed by atoms with Gasteiger partial charge in [-0.1, -0.05) is 18.2 Å². The average Bonchev–Trinajstić information content (AvgIpc) is 2.87. The highest BCUT2D eigenvalue weighted by Crippen LogP contribution is 2.32. The summed E-state index contributed by atoms with van der Waals surface area (Å²) in [4.78, 5) is 2.56. The number of ether oxygens (including phenoxy) is 1. The molecule has 0 amide bonds. The molecule has 0 bridgehead atoms. The SMILES string of the molecule is COC1CCN(CC2CCNc3ccccc32)C1. The Morgan fingerprint density at radius 1 is 1.33 bits per heavy atom. The average molecular weight is 246 g/mol. The predicted molar refractivity (Wildman–Crippen MR) is 74.1 cm³/mol. The first-order valence-electron chi connectivity index (χ1n) is 6.95.